The molecule has 0 spiro atoms. The standard InChI is InChI=1S/C30H36N2O2/c1-4-19-31-30(34)28(21-26-10-6-5-7-11-26)32(22-27-12-8-9-24(3)20-27)29(33)18-17-25-15-13-23(2)14-16-25/h5-16,20,28H,4,17-19,21-22H2,1-3H3,(H,31,34). The average molecular weight is 457 g/mol. The van der Waals surface area contributed by atoms with Gasteiger partial charge in [0.15, 0.2) is 0 Å². The Bertz CT molecular complexity index is 1060. The van der Waals surface area contributed by atoms with Crippen LogP contribution in [0.4, 0.5) is 0 Å². The Hall–Kier alpha value is -3.40. The second kappa shape index (κ2) is 12.7. The maximum atomic E-state index is 13.6. The molecule has 2 amide bonds. The summed E-state index contributed by atoms with van der Waals surface area (Å²) in [6, 6.07) is 25.8. The van der Waals surface area contributed by atoms with E-state index in [9.17, 15) is 9.59 Å². The van der Waals surface area contributed by atoms with Crippen LogP contribution in [-0.4, -0.2) is 29.3 Å². The molecule has 3 rings (SSSR count). The largest absolute Gasteiger partial charge is 0.354 e. The SMILES string of the molecule is CCCNC(=O)C(Cc1ccccc1)N(Cc1cccc(C)c1)C(=O)CCc1ccc(C)cc1. The predicted octanol–water partition coefficient (Wildman–Crippen LogP) is 5.40. The molecule has 0 radical (unpaired) electrons. The van der Waals surface area contributed by atoms with Crippen LogP contribution < -0.4 is 5.32 Å². The zero-order valence-corrected chi connectivity index (χ0v) is 20.6. The van der Waals surface area contributed by atoms with Gasteiger partial charge in [0, 0.05) is 25.9 Å². The van der Waals surface area contributed by atoms with Crippen LogP contribution in [-0.2, 0) is 29.0 Å². The minimum atomic E-state index is -0.569. The molecule has 0 heterocycles. The molecule has 0 aromatic heterocycles. The first-order chi connectivity index (χ1) is 16.5. The third-order valence-electron chi connectivity index (χ3n) is 6.00. The topological polar surface area (TPSA) is 49.4 Å². The highest BCUT2D eigenvalue weighted by molar-refractivity contribution is 5.88. The van der Waals surface area contributed by atoms with Crippen molar-refractivity contribution in [3.05, 3.63) is 107 Å². The lowest BCUT2D eigenvalue weighted by Crippen LogP contribution is -2.50. The number of benzene rings is 3. The normalized spacial score (nSPS) is 11.6. The molecule has 178 valence electrons. The van der Waals surface area contributed by atoms with Gasteiger partial charge in [0.1, 0.15) is 6.04 Å². The number of nitrogens with one attached hydrogen (secondary N) is 1. The highest BCUT2D eigenvalue weighted by Crippen LogP contribution is 2.18. The second-order valence-electron chi connectivity index (χ2n) is 8.99. The molecule has 0 bridgehead atoms. The van der Waals surface area contributed by atoms with Gasteiger partial charge in [0.2, 0.25) is 11.8 Å². The lowest BCUT2D eigenvalue weighted by molar-refractivity contribution is -0.141. The fourth-order valence-corrected chi connectivity index (χ4v) is 4.08. The fourth-order valence-electron chi connectivity index (χ4n) is 4.08. The molecule has 1 N–H and O–H groups in total. The molecular weight excluding hydrogens is 420 g/mol. The van der Waals surface area contributed by atoms with E-state index >= 15 is 0 Å². The van der Waals surface area contributed by atoms with E-state index in [1.54, 1.807) is 4.90 Å². The van der Waals surface area contributed by atoms with Crippen molar-refractivity contribution in [1.82, 2.24) is 10.2 Å². The van der Waals surface area contributed by atoms with Crippen LogP contribution in [0.5, 0.6) is 0 Å². The third-order valence-corrected chi connectivity index (χ3v) is 6.00. The highest BCUT2D eigenvalue weighted by atomic mass is 16.2. The Morgan fingerprint density at radius 2 is 1.53 bits per heavy atom. The van der Waals surface area contributed by atoms with Crippen LogP contribution in [0.1, 0.15) is 47.6 Å². The number of amides is 2. The summed E-state index contributed by atoms with van der Waals surface area (Å²) < 4.78 is 0. The highest BCUT2D eigenvalue weighted by Gasteiger charge is 2.30. The lowest BCUT2D eigenvalue weighted by atomic mass is 10.0. The van der Waals surface area contributed by atoms with Gasteiger partial charge >= 0.3 is 0 Å². The average Bonchev–Trinajstić information content (AvgIpc) is 2.85. The summed E-state index contributed by atoms with van der Waals surface area (Å²) in [6.07, 6.45) is 2.35. The molecule has 0 aliphatic carbocycles. The minimum absolute atomic E-state index is 0.00494. The Labute approximate surface area is 204 Å². The number of rotatable bonds is 11. The van der Waals surface area contributed by atoms with Gasteiger partial charge < -0.3 is 10.2 Å². The first-order valence-electron chi connectivity index (χ1n) is 12.2. The van der Waals surface area contributed by atoms with Gasteiger partial charge in [-0.2, -0.15) is 0 Å². The van der Waals surface area contributed by atoms with E-state index in [0.717, 1.165) is 28.7 Å². The summed E-state index contributed by atoms with van der Waals surface area (Å²) in [5.41, 5.74) is 5.54. The molecule has 3 aromatic rings. The maximum absolute atomic E-state index is 13.6. The van der Waals surface area contributed by atoms with Gasteiger partial charge in [-0.05, 0) is 43.4 Å². The number of aryl methyl sites for hydroxylation is 3. The monoisotopic (exact) mass is 456 g/mol. The molecule has 1 unspecified atom stereocenters. The second-order valence-corrected chi connectivity index (χ2v) is 8.99. The van der Waals surface area contributed by atoms with E-state index < -0.39 is 6.04 Å². The Balaban J connectivity index is 1.88. The van der Waals surface area contributed by atoms with Crippen LogP contribution in [0.2, 0.25) is 0 Å². The molecule has 34 heavy (non-hydrogen) atoms. The summed E-state index contributed by atoms with van der Waals surface area (Å²) in [5.74, 6) is -0.100. The number of carbonyl (C=O) groups is 2. The number of hydrogen-bond acceptors (Lipinski definition) is 2. The number of nitrogens with zero attached hydrogens (tertiary/aromatic N) is 1. The van der Waals surface area contributed by atoms with Gasteiger partial charge in [-0.1, -0.05) is 96.9 Å². The van der Waals surface area contributed by atoms with E-state index in [2.05, 4.69) is 42.6 Å². The van der Waals surface area contributed by atoms with Crippen molar-refractivity contribution < 1.29 is 9.59 Å². The summed E-state index contributed by atoms with van der Waals surface area (Å²) in [4.78, 5) is 28.7. The molecule has 4 nitrogen and oxygen atoms in total. The van der Waals surface area contributed by atoms with Gasteiger partial charge in [-0.15, -0.1) is 0 Å². The van der Waals surface area contributed by atoms with Gasteiger partial charge in [0.25, 0.3) is 0 Å². The summed E-state index contributed by atoms with van der Waals surface area (Å²) in [7, 11) is 0. The smallest absolute Gasteiger partial charge is 0.243 e. The van der Waals surface area contributed by atoms with Gasteiger partial charge in [-0.25, -0.2) is 0 Å². The summed E-state index contributed by atoms with van der Waals surface area (Å²) in [5, 5.41) is 3.03. The zero-order chi connectivity index (χ0) is 24.3. The van der Waals surface area contributed by atoms with Crippen molar-refractivity contribution >= 4 is 11.8 Å². The quantitative estimate of drug-likeness (QED) is 0.420. The molecule has 0 fully saturated rings. The Morgan fingerprint density at radius 1 is 0.824 bits per heavy atom. The van der Waals surface area contributed by atoms with E-state index in [1.807, 2.05) is 62.4 Å². The van der Waals surface area contributed by atoms with E-state index in [0.29, 0.717) is 32.4 Å². The number of hydrogen-bond donors (Lipinski definition) is 1. The first kappa shape index (κ1) is 25.2. The summed E-state index contributed by atoms with van der Waals surface area (Å²) >= 11 is 0. The van der Waals surface area contributed by atoms with E-state index in [4.69, 9.17) is 0 Å². The number of carbonyl (C=O) groups excluding carboxylic acids is 2. The van der Waals surface area contributed by atoms with Crippen molar-refractivity contribution in [2.45, 2.75) is 59.0 Å². The molecule has 3 aromatic carbocycles. The van der Waals surface area contributed by atoms with Crippen LogP contribution in [0.3, 0.4) is 0 Å². The van der Waals surface area contributed by atoms with Crippen molar-refractivity contribution in [3.63, 3.8) is 0 Å². The van der Waals surface area contributed by atoms with E-state index in [-0.39, 0.29) is 11.8 Å². The Kier molecular flexibility index (Phi) is 9.45. The van der Waals surface area contributed by atoms with Crippen molar-refractivity contribution in [3.8, 4) is 0 Å². The van der Waals surface area contributed by atoms with Gasteiger partial charge in [-0.3, -0.25) is 9.59 Å². The van der Waals surface area contributed by atoms with Crippen molar-refractivity contribution in [1.29, 1.82) is 0 Å². The Morgan fingerprint density at radius 3 is 2.21 bits per heavy atom. The maximum Gasteiger partial charge on any atom is 0.243 e. The van der Waals surface area contributed by atoms with Crippen molar-refractivity contribution in [2.75, 3.05) is 6.54 Å². The molecule has 0 saturated heterocycles. The van der Waals surface area contributed by atoms with Crippen molar-refractivity contribution in [2.24, 2.45) is 0 Å². The molecule has 0 saturated carbocycles. The third kappa shape index (κ3) is 7.58. The molecule has 4 heteroatoms. The first-order valence-corrected chi connectivity index (χ1v) is 12.2. The van der Waals surface area contributed by atoms with Crippen LogP contribution >= 0.6 is 0 Å². The molecule has 0 aliphatic rings. The lowest BCUT2D eigenvalue weighted by Gasteiger charge is -2.32. The molecule has 1 atom stereocenters. The van der Waals surface area contributed by atoms with Gasteiger partial charge in [0.05, 0.1) is 0 Å². The predicted molar refractivity (Wildman–Crippen MR) is 138 cm³/mol. The van der Waals surface area contributed by atoms with Crippen LogP contribution in [0, 0.1) is 13.8 Å². The van der Waals surface area contributed by atoms with E-state index in [1.165, 1.54) is 5.56 Å². The zero-order valence-electron chi connectivity index (χ0n) is 20.6. The summed E-state index contributed by atoms with van der Waals surface area (Å²) in [6.45, 7) is 7.14. The van der Waals surface area contributed by atoms with Crippen LogP contribution in [0.15, 0.2) is 78.9 Å². The minimum Gasteiger partial charge on any atom is -0.354 e. The van der Waals surface area contributed by atoms with Crippen LogP contribution in [0.25, 0.3) is 0 Å². The fraction of sp³-hybridized carbons (Fsp3) is 0.333. The molecular formula is C30H36N2O2. The molecule has 0 aliphatic heterocycles.